The molecule has 0 bridgehead atoms. The van der Waals surface area contributed by atoms with Crippen molar-refractivity contribution < 1.29 is 38.1 Å². The molecule has 0 unspecified atom stereocenters. The normalized spacial score (nSPS) is 29.8. The van der Waals surface area contributed by atoms with Crippen LogP contribution in [-0.2, 0) is 19.2 Å². The van der Waals surface area contributed by atoms with E-state index in [2.05, 4.69) is 0 Å². The Morgan fingerprint density at radius 2 is 1.79 bits per heavy atom. The van der Waals surface area contributed by atoms with Crippen LogP contribution in [0.25, 0.3) is 0 Å². The van der Waals surface area contributed by atoms with Gasteiger partial charge in [0.25, 0.3) is 0 Å². The highest BCUT2D eigenvalue weighted by Crippen LogP contribution is 2.65. The topological polar surface area (TPSA) is 113 Å². The van der Waals surface area contributed by atoms with E-state index in [1.165, 1.54) is 37.3 Å². The largest absolute Gasteiger partial charge is 0.507 e. The van der Waals surface area contributed by atoms with Gasteiger partial charge >= 0.3 is 0 Å². The van der Waals surface area contributed by atoms with Gasteiger partial charge < -0.3 is 14.6 Å². The number of carbonyl (C=O) groups excluding carboxylic acids is 4. The van der Waals surface area contributed by atoms with Crippen LogP contribution in [0.3, 0.4) is 0 Å². The average molecular weight is 611 g/mol. The maximum absolute atomic E-state index is 14.5. The number of hydrogen-bond donors (Lipinski definition) is 1. The number of ether oxygens (including phenoxy) is 2. The van der Waals surface area contributed by atoms with E-state index in [1.54, 1.807) is 13.0 Å². The van der Waals surface area contributed by atoms with Gasteiger partial charge in [-0.3, -0.25) is 24.1 Å². The maximum atomic E-state index is 14.5. The number of likely N-dealkylation sites (tertiary alicyclic amines) is 1. The van der Waals surface area contributed by atoms with Crippen molar-refractivity contribution in [2.45, 2.75) is 39.0 Å². The number of carbonyl (C=O) groups is 4. The number of hydrogen-bond acceptors (Lipinski definition) is 7. The summed E-state index contributed by atoms with van der Waals surface area (Å²) >= 11 is 6.05. The minimum atomic E-state index is -1.43. The Bertz CT molecular complexity index is 1610. The van der Waals surface area contributed by atoms with Gasteiger partial charge in [0.15, 0.2) is 0 Å². The molecule has 43 heavy (non-hydrogen) atoms. The SMILES string of the molecule is CCCN1C(=O)[C@H]2[C@H](CC=C3[C@H]2C[C@H]2C(=O)N(c4ccc(F)c(Cl)c4)C(=O)[C@@]2(C)[C@H]3c2c(O)cc(OC)cc2OC)C1=O. The molecule has 6 rings (SSSR count). The summed E-state index contributed by atoms with van der Waals surface area (Å²) in [7, 11) is 2.88. The summed E-state index contributed by atoms with van der Waals surface area (Å²) in [5, 5.41) is 11.2. The fraction of sp³-hybridized carbons (Fsp3) is 0.438. The summed E-state index contributed by atoms with van der Waals surface area (Å²) in [6.45, 7) is 3.89. The molecular formula is C32H32ClFN2O7. The summed E-state index contributed by atoms with van der Waals surface area (Å²) in [6, 6.07) is 6.66. The second kappa shape index (κ2) is 10.4. The molecule has 3 fully saturated rings. The van der Waals surface area contributed by atoms with Crippen molar-refractivity contribution in [1.82, 2.24) is 4.90 Å². The van der Waals surface area contributed by atoms with Crippen molar-refractivity contribution in [2.75, 3.05) is 25.7 Å². The van der Waals surface area contributed by atoms with Crippen LogP contribution in [0.4, 0.5) is 10.1 Å². The smallest absolute Gasteiger partial charge is 0.241 e. The van der Waals surface area contributed by atoms with Gasteiger partial charge in [-0.15, -0.1) is 0 Å². The first-order valence-electron chi connectivity index (χ1n) is 14.3. The number of nitrogens with zero attached hydrogens (tertiary/aromatic N) is 2. The lowest BCUT2D eigenvalue weighted by Crippen LogP contribution is -2.49. The highest BCUT2D eigenvalue weighted by Gasteiger charge is 2.68. The molecular weight excluding hydrogens is 579 g/mol. The van der Waals surface area contributed by atoms with Gasteiger partial charge in [0.2, 0.25) is 23.6 Å². The number of benzene rings is 2. The van der Waals surface area contributed by atoms with Crippen LogP contribution in [0.5, 0.6) is 17.2 Å². The number of rotatable bonds is 6. The van der Waals surface area contributed by atoms with Crippen LogP contribution >= 0.6 is 11.6 Å². The highest BCUT2D eigenvalue weighted by molar-refractivity contribution is 6.31. The van der Waals surface area contributed by atoms with Crippen molar-refractivity contribution in [3.63, 3.8) is 0 Å². The molecule has 1 N–H and O–H groups in total. The Kier molecular flexibility index (Phi) is 7.03. The van der Waals surface area contributed by atoms with E-state index >= 15 is 0 Å². The summed E-state index contributed by atoms with van der Waals surface area (Å²) in [5.74, 6) is -5.51. The standard InChI is InChI=1S/C32H32ClFN2O7/c1-5-10-35-28(38)18-8-7-17-19(25(18)30(35)40)14-20-29(39)36(15-6-9-22(34)21(33)11-15)31(41)32(20,2)27(17)26-23(37)12-16(42-3)13-24(26)43-4/h6-7,9,11-13,18-20,25,27,37H,5,8,10,14H2,1-4H3/t18-,19+,20-,25-,27+,32+/m0/s1. The van der Waals surface area contributed by atoms with Gasteiger partial charge in [0.05, 0.1) is 48.1 Å². The number of fused-ring (bicyclic) bond motifs is 4. The van der Waals surface area contributed by atoms with E-state index in [-0.39, 0.29) is 52.4 Å². The third kappa shape index (κ3) is 4.02. The second-order valence-corrected chi connectivity index (χ2v) is 12.3. The van der Waals surface area contributed by atoms with E-state index in [4.69, 9.17) is 21.1 Å². The molecule has 4 aliphatic rings. The predicted molar refractivity (Wildman–Crippen MR) is 154 cm³/mol. The van der Waals surface area contributed by atoms with Crippen molar-refractivity contribution in [2.24, 2.45) is 29.1 Å². The molecule has 9 nitrogen and oxygen atoms in total. The fourth-order valence-corrected chi connectivity index (χ4v) is 8.04. The highest BCUT2D eigenvalue weighted by atomic mass is 35.5. The van der Waals surface area contributed by atoms with E-state index < -0.39 is 52.6 Å². The van der Waals surface area contributed by atoms with Gasteiger partial charge in [-0.25, -0.2) is 9.29 Å². The van der Waals surface area contributed by atoms with Gasteiger partial charge in [-0.1, -0.05) is 30.2 Å². The van der Waals surface area contributed by atoms with Gasteiger partial charge in [0, 0.05) is 30.2 Å². The molecule has 11 heteroatoms. The lowest BCUT2D eigenvalue weighted by atomic mass is 9.51. The molecule has 0 aromatic heterocycles. The van der Waals surface area contributed by atoms with Crippen molar-refractivity contribution in [3.05, 3.63) is 58.4 Å². The molecule has 2 aromatic rings. The maximum Gasteiger partial charge on any atom is 0.241 e. The zero-order valence-electron chi connectivity index (χ0n) is 24.2. The lowest BCUT2D eigenvalue weighted by Gasteiger charge is -2.49. The van der Waals surface area contributed by atoms with Crippen LogP contribution in [0.1, 0.15) is 44.6 Å². The average Bonchev–Trinajstić information content (AvgIpc) is 3.34. The van der Waals surface area contributed by atoms with Crippen LogP contribution in [0.15, 0.2) is 42.0 Å². The quantitative estimate of drug-likeness (QED) is 0.368. The van der Waals surface area contributed by atoms with E-state index in [9.17, 15) is 28.7 Å². The number of amides is 4. The zero-order valence-corrected chi connectivity index (χ0v) is 25.0. The van der Waals surface area contributed by atoms with Gasteiger partial charge in [0.1, 0.15) is 23.1 Å². The molecule has 2 saturated heterocycles. The zero-order chi connectivity index (χ0) is 31.0. The number of methoxy groups -OCH3 is 2. The van der Waals surface area contributed by atoms with E-state index in [1.807, 2.05) is 13.0 Å². The molecule has 1 saturated carbocycles. The molecule has 0 radical (unpaired) electrons. The fourth-order valence-electron chi connectivity index (χ4n) is 7.87. The van der Waals surface area contributed by atoms with Gasteiger partial charge in [-0.05, 0) is 50.3 Å². The summed E-state index contributed by atoms with van der Waals surface area (Å²) in [4.78, 5) is 58.2. The molecule has 4 amide bonds. The van der Waals surface area contributed by atoms with E-state index in [0.717, 1.165) is 11.0 Å². The predicted octanol–water partition coefficient (Wildman–Crippen LogP) is 4.84. The minimum Gasteiger partial charge on any atom is -0.507 e. The number of anilines is 1. The van der Waals surface area contributed by atoms with E-state index in [0.29, 0.717) is 24.3 Å². The summed E-state index contributed by atoms with van der Waals surface area (Å²) < 4.78 is 25.1. The number of phenols is 1. The third-order valence-corrected chi connectivity index (χ3v) is 10.1. The molecule has 2 aromatic carbocycles. The van der Waals surface area contributed by atoms with Crippen LogP contribution in [0.2, 0.25) is 5.02 Å². The first kappa shape index (κ1) is 29.2. The molecule has 2 aliphatic heterocycles. The Balaban J connectivity index is 1.57. The second-order valence-electron chi connectivity index (χ2n) is 11.9. The molecule has 6 atom stereocenters. The molecule has 2 heterocycles. The third-order valence-electron chi connectivity index (χ3n) is 9.81. The first-order valence-corrected chi connectivity index (χ1v) is 14.7. The van der Waals surface area contributed by atoms with Crippen molar-refractivity contribution >= 4 is 40.9 Å². The number of allylic oxidation sites excluding steroid dienone is 2. The first-order chi connectivity index (χ1) is 20.5. The van der Waals surface area contributed by atoms with Gasteiger partial charge in [-0.2, -0.15) is 0 Å². The number of imide groups is 2. The molecule has 0 spiro atoms. The summed E-state index contributed by atoms with van der Waals surface area (Å²) in [6.07, 6.45) is 2.95. The Hall–Kier alpha value is -3.92. The minimum absolute atomic E-state index is 0.123. The molecule has 226 valence electrons. The van der Waals surface area contributed by atoms with Crippen LogP contribution in [-0.4, -0.2) is 54.4 Å². The van der Waals surface area contributed by atoms with Crippen molar-refractivity contribution in [1.29, 1.82) is 0 Å². The number of aromatic hydroxyl groups is 1. The molecule has 2 aliphatic carbocycles. The van der Waals surface area contributed by atoms with Crippen molar-refractivity contribution in [3.8, 4) is 17.2 Å². The monoisotopic (exact) mass is 610 g/mol. The Labute approximate surface area is 253 Å². The Morgan fingerprint density at radius 3 is 2.44 bits per heavy atom. The van der Waals surface area contributed by atoms with Crippen LogP contribution in [0, 0.1) is 34.9 Å². The van der Waals surface area contributed by atoms with Crippen LogP contribution < -0.4 is 14.4 Å². The number of halogens is 2. The summed E-state index contributed by atoms with van der Waals surface area (Å²) in [5.41, 5.74) is -0.315. The number of phenolic OH excluding ortho intramolecular Hbond substituents is 1. The Morgan fingerprint density at radius 1 is 1.05 bits per heavy atom. The lowest BCUT2D eigenvalue weighted by molar-refractivity contribution is -0.140.